The molecule has 2 heterocycles. The van der Waals surface area contributed by atoms with E-state index in [1.807, 2.05) is 60.7 Å². The average Bonchev–Trinajstić information content (AvgIpc) is 3.39. The zero-order valence-corrected chi connectivity index (χ0v) is 15.9. The molecule has 3 aromatic rings. The van der Waals surface area contributed by atoms with Crippen molar-refractivity contribution in [2.75, 3.05) is 13.1 Å². The highest BCUT2D eigenvalue weighted by molar-refractivity contribution is 5.86. The molecule has 0 unspecified atom stereocenters. The molecule has 2 aromatic carbocycles. The van der Waals surface area contributed by atoms with Crippen LogP contribution in [0.4, 0.5) is 0 Å². The molecule has 1 fully saturated rings. The van der Waals surface area contributed by atoms with Crippen molar-refractivity contribution in [1.29, 1.82) is 0 Å². The minimum absolute atomic E-state index is 0.0213. The number of likely N-dealkylation sites (tertiary alicyclic amines) is 1. The molecular formula is C22H21N3O4. The lowest BCUT2D eigenvalue weighted by molar-refractivity contribution is -0.150. The van der Waals surface area contributed by atoms with Gasteiger partial charge in [-0.3, -0.25) is 9.59 Å². The SMILES string of the molecule is O=C(OCc1nnc(-c2ccccc2)o1)[C@@H]1CC(=O)N(CCc2ccccc2)C1. The van der Waals surface area contributed by atoms with Crippen LogP contribution in [0.25, 0.3) is 11.5 Å². The Bertz CT molecular complexity index is 972. The summed E-state index contributed by atoms with van der Waals surface area (Å²) in [5.41, 5.74) is 1.96. The van der Waals surface area contributed by atoms with Gasteiger partial charge in [0.25, 0.3) is 5.89 Å². The van der Waals surface area contributed by atoms with Gasteiger partial charge in [0.1, 0.15) is 0 Å². The molecule has 0 aliphatic carbocycles. The van der Waals surface area contributed by atoms with Crippen LogP contribution in [0.1, 0.15) is 17.9 Å². The summed E-state index contributed by atoms with van der Waals surface area (Å²) >= 11 is 0. The van der Waals surface area contributed by atoms with Crippen molar-refractivity contribution < 1.29 is 18.7 Å². The quantitative estimate of drug-likeness (QED) is 0.576. The van der Waals surface area contributed by atoms with Crippen molar-refractivity contribution in [2.24, 2.45) is 5.92 Å². The van der Waals surface area contributed by atoms with E-state index in [1.165, 1.54) is 0 Å². The van der Waals surface area contributed by atoms with Crippen molar-refractivity contribution in [3.63, 3.8) is 0 Å². The van der Waals surface area contributed by atoms with Gasteiger partial charge in [0, 0.05) is 25.1 Å². The highest BCUT2D eigenvalue weighted by Gasteiger charge is 2.35. The van der Waals surface area contributed by atoms with Crippen LogP contribution < -0.4 is 0 Å². The first-order valence-electron chi connectivity index (χ1n) is 9.55. The molecular weight excluding hydrogens is 370 g/mol. The van der Waals surface area contributed by atoms with E-state index in [-0.39, 0.29) is 24.8 Å². The van der Waals surface area contributed by atoms with Crippen molar-refractivity contribution >= 4 is 11.9 Å². The summed E-state index contributed by atoms with van der Waals surface area (Å²) in [6.45, 7) is 0.869. The van der Waals surface area contributed by atoms with Gasteiger partial charge in [-0.1, -0.05) is 48.5 Å². The maximum Gasteiger partial charge on any atom is 0.311 e. The van der Waals surface area contributed by atoms with Crippen molar-refractivity contribution in [1.82, 2.24) is 15.1 Å². The van der Waals surface area contributed by atoms with Gasteiger partial charge in [0.05, 0.1) is 5.92 Å². The van der Waals surface area contributed by atoms with E-state index in [2.05, 4.69) is 10.2 Å². The van der Waals surface area contributed by atoms with Gasteiger partial charge in [-0.25, -0.2) is 0 Å². The van der Waals surface area contributed by atoms with Crippen LogP contribution in [0.2, 0.25) is 0 Å². The lowest BCUT2D eigenvalue weighted by atomic mass is 10.1. The van der Waals surface area contributed by atoms with Gasteiger partial charge in [0.15, 0.2) is 6.61 Å². The number of carbonyl (C=O) groups is 2. The maximum absolute atomic E-state index is 12.4. The number of aromatic nitrogens is 2. The lowest BCUT2D eigenvalue weighted by Crippen LogP contribution is -2.28. The largest absolute Gasteiger partial charge is 0.455 e. The minimum atomic E-state index is -0.463. The highest BCUT2D eigenvalue weighted by atomic mass is 16.5. The fourth-order valence-electron chi connectivity index (χ4n) is 3.31. The third kappa shape index (κ3) is 4.68. The second-order valence-corrected chi connectivity index (χ2v) is 6.95. The first-order chi connectivity index (χ1) is 14.2. The second kappa shape index (κ2) is 8.68. The fraction of sp³-hybridized carbons (Fsp3) is 0.273. The summed E-state index contributed by atoms with van der Waals surface area (Å²) in [6, 6.07) is 19.3. The maximum atomic E-state index is 12.4. The minimum Gasteiger partial charge on any atom is -0.455 e. The number of hydrogen-bond acceptors (Lipinski definition) is 6. The molecule has 0 saturated carbocycles. The van der Waals surface area contributed by atoms with E-state index >= 15 is 0 Å². The molecule has 148 valence electrons. The Kier molecular flexibility index (Phi) is 5.65. The topological polar surface area (TPSA) is 85.5 Å². The van der Waals surface area contributed by atoms with Crippen LogP contribution >= 0.6 is 0 Å². The smallest absolute Gasteiger partial charge is 0.311 e. The highest BCUT2D eigenvalue weighted by Crippen LogP contribution is 2.21. The third-order valence-corrected chi connectivity index (χ3v) is 4.89. The first-order valence-corrected chi connectivity index (χ1v) is 9.55. The lowest BCUT2D eigenvalue weighted by Gasteiger charge is -2.16. The molecule has 4 rings (SSSR count). The Morgan fingerprint density at radius 2 is 1.79 bits per heavy atom. The van der Waals surface area contributed by atoms with Crippen molar-refractivity contribution in [3.05, 3.63) is 72.1 Å². The molecule has 29 heavy (non-hydrogen) atoms. The summed E-state index contributed by atoms with van der Waals surface area (Å²) in [4.78, 5) is 26.3. The number of rotatable bonds is 7. The van der Waals surface area contributed by atoms with E-state index < -0.39 is 11.9 Å². The van der Waals surface area contributed by atoms with Crippen LogP contribution in [-0.4, -0.2) is 40.1 Å². The van der Waals surface area contributed by atoms with Crippen LogP contribution in [0.3, 0.4) is 0 Å². The molecule has 1 saturated heterocycles. The van der Waals surface area contributed by atoms with Crippen LogP contribution in [0, 0.1) is 5.92 Å². The number of hydrogen-bond donors (Lipinski definition) is 0. The number of benzene rings is 2. The molecule has 1 aliphatic rings. The van der Waals surface area contributed by atoms with Gasteiger partial charge in [0.2, 0.25) is 11.8 Å². The first kappa shape index (κ1) is 18.9. The Labute approximate surface area is 168 Å². The summed E-state index contributed by atoms with van der Waals surface area (Å²) < 4.78 is 10.8. The summed E-state index contributed by atoms with van der Waals surface area (Å²) in [7, 11) is 0. The summed E-state index contributed by atoms with van der Waals surface area (Å²) in [6.07, 6.45) is 0.936. The van der Waals surface area contributed by atoms with Crippen molar-refractivity contribution in [2.45, 2.75) is 19.4 Å². The normalized spacial score (nSPS) is 16.2. The molecule has 0 spiro atoms. The molecule has 1 aliphatic heterocycles. The van der Waals surface area contributed by atoms with E-state index in [0.29, 0.717) is 19.0 Å². The Morgan fingerprint density at radius 3 is 2.55 bits per heavy atom. The van der Waals surface area contributed by atoms with Crippen LogP contribution in [-0.2, 0) is 27.4 Å². The third-order valence-electron chi connectivity index (χ3n) is 4.89. The molecule has 0 bridgehead atoms. The fourth-order valence-corrected chi connectivity index (χ4v) is 3.31. The Hall–Kier alpha value is -3.48. The van der Waals surface area contributed by atoms with Gasteiger partial charge in [-0.2, -0.15) is 0 Å². The number of amides is 1. The predicted molar refractivity (Wildman–Crippen MR) is 104 cm³/mol. The van der Waals surface area contributed by atoms with Crippen molar-refractivity contribution in [3.8, 4) is 11.5 Å². The number of nitrogens with zero attached hydrogens (tertiary/aromatic N) is 3. The molecule has 1 amide bonds. The molecule has 1 atom stereocenters. The second-order valence-electron chi connectivity index (χ2n) is 6.95. The standard InChI is InChI=1S/C22H21N3O4/c26-20-13-18(14-25(20)12-11-16-7-3-1-4-8-16)22(27)28-15-19-23-24-21(29-19)17-9-5-2-6-10-17/h1-10,18H,11-15H2/t18-/m1/s1. The average molecular weight is 391 g/mol. The monoisotopic (exact) mass is 391 g/mol. The molecule has 7 nitrogen and oxygen atoms in total. The Morgan fingerprint density at radius 1 is 1.07 bits per heavy atom. The van der Waals surface area contributed by atoms with E-state index in [0.717, 1.165) is 17.5 Å². The summed E-state index contributed by atoms with van der Waals surface area (Å²) in [5.74, 6) is -0.302. The molecule has 0 N–H and O–H groups in total. The van der Waals surface area contributed by atoms with Gasteiger partial charge in [-0.15, -0.1) is 10.2 Å². The van der Waals surface area contributed by atoms with E-state index in [1.54, 1.807) is 4.90 Å². The van der Waals surface area contributed by atoms with Crippen LogP contribution in [0.15, 0.2) is 65.1 Å². The van der Waals surface area contributed by atoms with Crippen LogP contribution in [0.5, 0.6) is 0 Å². The summed E-state index contributed by atoms with van der Waals surface area (Å²) in [5, 5.41) is 7.88. The van der Waals surface area contributed by atoms with Gasteiger partial charge >= 0.3 is 5.97 Å². The number of esters is 1. The van der Waals surface area contributed by atoms with Gasteiger partial charge < -0.3 is 14.1 Å². The van der Waals surface area contributed by atoms with E-state index in [9.17, 15) is 9.59 Å². The zero-order chi connectivity index (χ0) is 20.1. The Balaban J connectivity index is 1.27. The van der Waals surface area contributed by atoms with E-state index in [4.69, 9.17) is 9.15 Å². The molecule has 0 radical (unpaired) electrons. The van der Waals surface area contributed by atoms with Gasteiger partial charge in [-0.05, 0) is 24.1 Å². The predicted octanol–water partition coefficient (Wildman–Crippen LogP) is 2.87. The zero-order valence-electron chi connectivity index (χ0n) is 15.9. The molecule has 7 heteroatoms. The number of carbonyl (C=O) groups excluding carboxylic acids is 2. The molecule has 1 aromatic heterocycles. The number of ether oxygens (including phenoxy) is 1.